The first-order valence-electron chi connectivity index (χ1n) is 6.72. The molecule has 3 heterocycles. The van der Waals surface area contributed by atoms with E-state index in [1.54, 1.807) is 0 Å². The van der Waals surface area contributed by atoms with Gasteiger partial charge in [-0.05, 0) is 38.1 Å². The fourth-order valence-electron chi connectivity index (χ4n) is 2.32. The summed E-state index contributed by atoms with van der Waals surface area (Å²) in [6, 6.07) is 12.1. The summed E-state index contributed by atoms with van der Waals surface area (Å²) < 4.78 is 2.00. The zero-order valence-electron chi connectivity index (χ0n) is 11.6. The van der Waals surface area contributed by atoms with Crippen LogP contribution in [0.1, 0.15) is 37.4 Å². The lowest BCUT2D eigenvalue weighted by molar-refractivity contribution is 0.466. The zero-order valence-corrected chi connectivity index (χ0v) is 11.6. The average molecular weight is 267 g/mol. The van der Waals surface area contributed by atoms with E-state index in [2.05, 4.69) is 34.3 Å². The summed E-state index contributed by atoms with van der Waals surface area (Å²) in [5.74, 6) is 0.906. The largest absolute Gasteiger partial charge is 0.299 e. The van der Waals surface area contributed by atoms with Gasteiger partial charge in [0.1, 0.15) is 0 Å². The highest BCUT2D eigenvalue weighted by Gasteiger charge is 2.16. The molecule has 0 aliphatic heterocycles. The van der Waals surface area contributed by atoms with Crippen LogP contribution in [0.5, 0.6) is 0 Å². The second kappa shape index (κ2) is 5.38. The number of fused-ring (bicyclic) bond motifs is 1. The van der Waals surface area contributed by atoms with E-state index in [4.69, 9.17) is 0 Å². The first kappa shape index (κ1) is 12.7. The van der Waals surface area contributed by atoms with Crippen molar-refractivity contribution in [2.45, 2.75) is 25.9 Å². The molecule has 5 nitrogen and oxygen atoms in total. The van der Waals surface area contributed by atoms with Gasteiger partial charge in [-0.15, -0.1) is 10.2 Å². The van der Waals surface area contributed by atoms with Crippen LogP contribution in [0.2, 0.25) is 0 Å². The predicted octanol–water partition coefficient (Wildman–Crippen LogP) is 2.54. The van der Waals surface area contributed by atoms with Gasteiger partial charge < -0.3 is 0 Å². The summed E-state index contributed by atoms with van der Waals surface area (Å²) in [5, 5.41) is 12.0. The minimum absolute atomic E-state index is 0.0874. The molecule has 2 atom stereocenters. The summed E-state index contributed by atoms with van der Waals surface area (Å²) in [5.41, 5.74) is 1.88. The topological polar surface area (TPSA) is 55.1 Å². The molecule has 0 radical (unpaired) electrons. The summed E-state index contributed by atoms with van der Waals surface area (Å²) in [6.45, 7) is 4.19. The molecule has 0 saturated carbocycles. The number of hydrogen-bond acceptors (Lipinski definition) is 4. The van der Waals surface area contributed by atoms with Gasteiger partial charge in [-0.1, -0.05) is 12.1 Å². The third kappa shape index (κ3) is 2.40. The Morgan fingerprint density at radius 2 is 1.85 bits per heavy atom. The maximum atomic E-state index is 4.37. The standard InChI is InChI=1S/C15H17N5/c1-11(13-7-3-5-9-16-13)17-12(2)15-19-18-14-8-4-6-10-20(14)15/h3-12,17H,1-2H3. The Labute approximate surface area is 117 Å². The Balaban J connectivity index is 1.81. The zero-order chi connectivity index (χ0) is 13.9. The van der Waals surface area contributed by atoms with Crippen LogP contribution in [0.25, 0.3) is 5.65 Å². The number of nitrogens with one attached hydrogen (secondary N) is 1. The molecule has 1 N–H and O–H groups in total. The maximum absolute atomic E-state index is 4.37. The van der Waals surface area contributed by atoms with Crippen LogP contribution in [0.4, 0.5) is 0 Å². The normalized spacial score (nSPS) is 14.3. The van der Waals surface area contributed by atoms with Gasteiger partial charge in [-0.3, -0.25) is 14.7 Å². The highest BCUT2D eigenvalue weighted by Crippen LogP contribution is 2.17. The quantitative estimate of drug-likeness (QED) is 0.789. The number of rotatable bonds is 4. The number of nitrogens with zero attached hydrogens (tertiary/aromatic N) is 4. The smallest absolute Gasteiger partial charge is 0.160 e. The van der Waals surface area contributed by atoms with E-state index in [0.29, 0.717) is 0 Å². The number of hydrogen-bond donors (Lipinski definition) is 1. The van der Waals surface area contributed by atoms with Crippen molar-refractivity contribution in [1.82, 2.24) is 24.9 Å². The lowest BCUT2D eigenvalue weighted by atomic mass is 10.2. The molecule has 0 amide bonds. The van der Waals surface area contributed by atoms with Crippen LogP contribution in [-0.2, 0) is 0 Å². The maximum Gasteiger partial charge on any atom is 0.160 e. The van der Waals surface area contributed by atoms with Crippen LogP contribution < -0.4 is 5.32 Å². The Kier molecular flexibility index (Phi) is 3.43. The minimum atomic E-state index is 0.0874. The van der Waals surface area contributed by atoms with E-state index in [1.165, 1.54) is 0 Å². The molecular formula is C15H17N5. The molecule has 20 heavy (non-hydrogen) atoms. The van der Waals surface area contributed by atoms with Crippen molar-refractivity contribution >= 4 is 5.65 Å². The molecule has 102 valence electrons. The van der Waals surface area contributed by atoms with Gasteiger partial charge in [0.15, 0.2) is 11.5 Å². The average Bonchev–Trinajstić information content (AvgIpc) is 2.92. The Morgan fingerprint density at radius 1 is 1.00 bits per heavy atom. The van der Waals surface area contributed by atoms with Gasteiger partial charge in [0, 0.05) is 18.4 Å². The van der Waals surface area contributed by atoms with Crippen molar-refractivity contribution in [3.8, 4) is 0 Å². The molecule has 0 spiro atoms. The van der Waals surface area contributed by atoms with Gasteiger partial charge in [-0.25, -0.2) is 0 Å². The molecule has 0 aliphatic rings. The molecule has 0 aromatic carbocycles. The van der Waals surface area contributed by atoms with E-state index >= 15 is 0 Å². The van der Waals surface area contributed by atoms with Crippen molar-refractivity contribution < 1.29 is 0 Å². The van der Waals surface area contributed by atoms with Crippen molar-refractivity contribution in [3.05, 3.63) is 60.3 Å². The van der Waals surface area contributed by atoms with Gasteiger partial charge in [0.05, 0.1) is 11.7 Å². The van der Waals surface area contributed by atoms with Crippen molar-refractivity contribution in [2.75, 3.05) is 0 Å². The fourth-order valence-corrected chi connectivity index (χ4v) is 2.32. The monoisotopic (exact) mass is 267 g/mol. The summed E-state index contributed by atoms with van der Waals surface area (Å²) in [7, 11) is 0. The van der Waals surface area contributed by atoms with Gasteiger partial charge >= 0.3 is 0 Å². The van der Waals surface area contributed by atoms with Gasteiger partial charge in [0.2, 0.25) is 0 Å². The van der Waals surface area contributed by atoms with E-state index in [-0.39, 0.29) is 12.1 Å². The van der Waals surface area contributed by atoms with Gasteiger partial charge in [-0.2, -0.15) is 0 Å². The highest BCUT2D eigenvalue weighted by atomic mass is 15.3. The van der Waals surface area contributed by atoms with Crippen LogP contribution in [0, 0.1) is 0 Å². The van der Waals surface area contributed by atoms with Crippen LogP contribution in [0.3, 0.4) is 0 Å². The van der Waals surface area contributed by atoms with Crippen LogP contribution in [0.15, 0.2) is 48.8 Å². The lowest BCUT2D eigenvalue weighted by Crippen LogP contribution is -2.24. The molecule has 0 saturated heterocycles. The fraction of sp³-hybridized carbons (Fsp3) is 0.267. The van der Waals surface area contributed by atoms with E-state index in [1.807, 2.05) is 53.2 Å². The Morgan fingerprint density at radius 3 is 2.65 bits per heavy atom. The van der Waals surface area contributed by atoms with Crippen molar-refractivity contribution in [3.63, 3.8) is 0 Å². The molecule has 2 unspecified atom stereocenters. The van der Waals surface area contributed by atoms with Crippen LogP contribution >= 0.6 is 0 Å². The highest BCUT2D eigenvalue weighted by molar-refractivity contribution is 5.37. The molecule has 0 fully saturated rings. The molecule has 3 rings (SSSR count). The first-order chi connectivity index (χ1) is 9.75. The van der Waals surface area contributed by atoms with Crippen LogP contribution in [-0.4, -0.2) is 19.6 Å². The molecule has 0 bridgehead atoms. The Hall–Kier alpha value is -2.27. The summed E-state index contributed by atoms with van der Waals surface area (Å²) in [4.78, 5) is 4.37. The second-order valence-electron chi connectivity index (χ2n) is 4.85. The molecule has 3 aromatic rings. The van der Waals surface area contributed by atoms with E-state index < -0.39 is 0 Å². The van der Waals surface area contributed by atoms with E-state index in [0.717, 1.165) is 17.2 Å². The van der Waals surface area contributed by atoms with Crippen molar-refractivity contribution in [2.24, 2.45) is 0 Å². The molecular weight excluding hydrogens is 250 g/mol. The molecule has 3 aromatic heterocycles. The number of pyridine rings is 2. The SMILES string of the molecule is CC(NC(C)c1nnc2ccccn12)c1ccccn1. The number of aromatic nitrogens is 4. The third-order valence-electron chi connectivity index (χ3n) is 3.36. The van der Waals surface area contributed by atoms with Gasteiger partial charge in [0.25, 0.3) is 0 Å². The minimum Gasteiger partial charge on any atom is -0.299 e. The first-order valence-corrected chi connectivity index (χ1v) is 6.72. The third-order valence-corrected chi connectivity index (χ3v) is 3.36. The van der Waals surface area contributed by atoms with E-state index in [9.17, 15) is 0 Å². The second-order valence-corrected chi connectivity index (χ2v) is 4.85. The molecule has 0 aliphatic carbocycles. The van der Waals surface area contributed by atoms with Crippen molar-refractivity contribution in [1.29, 1.82) is 0 Å². The lowest BCUT2D eigenvalue weighted by Gasteiger charge is -2.18. The Bertz CT molecular complexity index is 692. The summed E-state index contributed by atoms with van der Waals surface area (Å²) >= 11 is 0. The summed E-state index contributed by atoms with van der Waals surface area (Å²) in [6.07, 6.45) is 3.79. The predicted molar refractivity (Wildman–Crippen MR) is 77.2 cm³/mol. The molecule has 5 heteroatoms.